The third-order valence-corrected chi connectivity index (χ3v) is 2.16. The Morgan fingerprint density at radius 1 is 1.42 bits per heavy atom. The molecule has 0 rings (SSSR count). The van der Waals surface area contributed by atoms with Gasteiger partial charge in [0.2, 0.25) is 0 Å². The van der Waals surface area contributed by atoms with E-state index in [9.17, 15) is 0 Å². The van der Waals surface area contributed by atoms with E-state index in [1.54, 1.807) is 0 Å². The Balaban J connectivity index is 4.21. The second-order valence-corrected chi connectivity index (χ2v) is 3.03. The first-order chi connectivity index (χ1) is 5.74. The van der Waals surface area contributed by atoms with Crippen molar-refractivity contribution in [2.45, 2.75) is 32.3 Å². The molecule has 0 saturated carbocycles. The lowest BCUT2D eigenvalue weighted by Gasteiger charge is -2.25. The zero-order valence-electron chi connectivity index (χ0n) is 7.56. The summed E-state index contributed by atoms with van der Waals surface area (Å²) in [5.41, 5.74) is -0.343. The molecule has 0 aliphatic heterocycles. The molecule has 0 aromatic heterocycles. The summed E-state index contributed by atoms with van der Waals surface area (Å²) in [5.74, 6) is 3.03. The predicted molar refractivity (Wildman–Crippen MR) is 58.1 cm³/mol. The molecule has 0 fully saturated rings. The Hall–Kier alpha value is 0.210. The minimum atomic E-state index is -0.343. The standard InChI is InChI=1S/C9H15IO2/c1-3-9(4-2,5-6-10)12-8-7-11/h11H,3-4,7-8H2,1-2H3. The van der Waals surface area contributed by atoms with Crippen LogP contribution in [0, 0.1) is 9.85 Å². The fraction of sp³-hybridized carbons (Fsp3) is 0.778. The van der Waals surface area contributed by atoms with E-state index in [0.717, 1.165) is 12.8 Å². The van der Waals surface area contributed by atoms with Gasteiger partial charge in [-0.2, -0.15) is 0 Å². The number of rotatable bonds is 5. The highest BCUT2D eigenvalue weighted by molar-refractivity contribution is 14.1. The van der Waals surface area contributed by atoms with Crippen molar-refractivity contribution in [2.75, 3.05) is 13.2 Å². The molecular weight excluding hydrogens is 267 g/mol. The van der Waals surface area contributed by atoms with Crippen molar-refractivity contribution in [3.05, 3.63) is 0 Å². The second kappa shape index (κ2) is 6.70. The van der Waals surface area contributed by atoms with Crippen LogP contribution in [0.4, 0.5) is 0 Å². The summed E-state index contributed by atoms with van der Waals surface area (Å²) in [6, 6.07) is 0. The third-order valence-electron chi connectivity index (χ3n) is 1.89. The highest BCUT2D eigenvalue weighted by Gasteiger charge is 2.23. The molecular formula is C9H15IO2. The molecule has 12 heavy (non-hydrogen) atoms. The van der Waals surface area contributed by atoms with Crippen LogP contribution < -0.4 is 0 Å². The number of aliphatic hydroxyl groups is 1. The minimum absolute atomic E-state index is 0.0602. The van der Waals surface area contributed by atoms with Crippen LogP contribution in [0.25, 0.3) is 0 Å². The van der Waals surface area contributed by atoms with Crippen LogP contribution in [0.3, 0.4) is 0 Å². The van der Waals surface area contributed by atoms with Gasteiger partial charge < -0.3 is 9.84 Å². The number of ether oxygens (including phenoxy) is 1. The van der Waals surface area contributed by atoms with Crippen molar-refractivity contribution in [1.29, 1.82) is 0 Å². The van der Waals surface area contributed by atoms with E-state index in [1.807, 2.05) is 36.4 Å². The van der Waals surface area contributed by atoms with E-state index in [-0.39, 0.29) is 12.2 Å². The van der Waals surface area contributed by atoms with Gasteiger partial charge in [0.25, 0.3) is 0 Å². The van der Waals surface area contributed by atoms with Gasteiger partial charge in [-0.3, -0.25) is 0 Å². The minimum Gasteiger partial charge on any atom is -0.394 e. The van der Waals surface area contributed by atoms with Gasteiger partial charge in [0.1, 0.15) is 5.60 Å². The summed E-state index contributed by atoms with van der Waals surface area (Å²) in [6.07, 6.45) is 1.72. The molecule has 0 heterocycles. The van der Waals surface area contributed by atoms with Crippen LogP contribution in [0.1, 0.15) is 26.7 Å². The van der Waals surface area contributed by atoms with Crippen molar-refractivity contribution in [1.82, 2.24) is 0 Å². The van der Waals surface area contributed by atoms with Crippen LogP contribution in [0.2, 0.25) is 0 Å². The molecule has 0 amide bonds. The molecule has 0 aromatic carbocycles. The van der Waals surface area contributed by atoms with Gasteiger partial charge in [0.15, 0.2) is 0 Å². The fourth-order valence-electron chi connectivity index (χ4n) is 0.994. The summed E-state index contributed by atoms with van der Waals surface area (Å²) in [5, 5.41) is 8.61. The number of aliphatic hydroxyl groups excluding tert-OH is 1. The lowest BCUT2D eigenvalue weighted by Crippen LogP contribution is -2.30. The lowest BCUT2D eigenvalue weighted by molar-refractivity contribution is -0.0226. The first-order valence-corrected chi connectivity index (χ1v) is 5.20. The van der Waals surface area contributed by atoms with E-state index >= 15 is 0 Å². The molecule has 0 spiro atoms. The summed E-state index contributed by atoms with van der Waals surface area (Å²) < 4.78 is 8.32. The van der Waals surface area contributed by atoms with Crippen molar-refractivity contribution in [2.24, 2.45) is 0 Å². The zero-order valence-corrected chi connectivity index (χ0v) is 9.72. The topological polar surface area (TPSA) is 29.5 Å². The second-order valence-electron chi connectivity index (χ2n) is 2.49. The lowest BCUT2D eigenvalue weighted by atomic mass is 9.98. The molecule has 0 atom stereocenters. The van der Waals surface area contributed by atoms with E-state index < -0.39 is 0 Å². The van der Waals surface area contributed by atoms with Crippen LogP contribution in [0.15, 0.2) is 0 Å². The summed E-state index contributed by atoms with van der Waals surface area (Å²) in [4.78, 5) is 0. The Labute approximate surface area is 87.8 Å². The molecule has 0 bridgehead atoms. The zero-order chi connectivity index (χ0) is 9.45. The third kappa shape index (κ3) is 3.74. The van der Waals surface area contributed by atoms with Gasteiger partial charge in [0.05, 0.1) is 13.2 Å². The van der Waals surface area contributed by atoms with E-state index in [4.69, 9.17) is 9.84 Å². The van der Waals surface area contributed by atoms with E-state index in [0.29, 0.717) is 6.61 Å². The first-order valence-electron chi connectivity index (χ1n) is 4.12. The molecule has 1 N–H and O–H groups in total. The van der Waals surface area contributed by atoms with Gasteiger partial charge in [-0.1, -0.05) is 19.8 Å². The molecule has 0 aliphatic rings. The molecule has 3 heteroatoms. The normalized spacial score (nSPS) is 10.7. The SMILES string of the molecule is CCC(C#CI)(CC)OCCO. The first kappa shape index (κ1) is 12.2. The van der Waals surface area contributed by atoms with E-state index in [1.165, 1.54) is 0 Å². The van der Waals surface area contributed by atoms with Gasteiger partial charge >= 0.3 is 0 Å². The van der Waals surface area contributed by atoms with Gasteiger partial charge in [-0.05, 0) is 16.8 Å². The summed E-state index contributed by atoms with van der Waals surface area (Å²) >= 11 is 2.01. The molecule has 2 nitrogen and oxygen atoms in total. The Morgan fingerprint density at radius 3 is 2.33 bits per heavy atom. The maximum absolute atomic E-state index is 8.61. The van der Waals surface area contributed by atoms with Gasteiger partial charge in [-0.15, -0.1) is 0 Å². The molecule has 0 saturated heterocycles. The highest BCUT2D eigenvalue weighted by Crippen LogP contribution is 2.19. The predicted octanol–water partition coefficient (Wildman–Crippen LogP) is 1.95. The largest absolute Gasteiger partial charge is 0.394 e. The molecule has 0 aromatic rings. The Kier molecular flexibility index (Phi) is 6.81. The highest BCUT2D eigenvalue weighted by atomic mass is 127. The number of hydrogen-bond donors (Lipinski definition) is 1. The summed E-state index contributed by atoms with van der Waals surface area (Å²) in [6.45, 7) is 4.52. The van der Waals surface area contributed by atoms with Crippen molar-refractivity contribution in [3.8, 4) is 9.85 Å². The van der Waals surface area contributed by atoms with Crippen LogP contribution >= 0.6 is 22.6 Å². The van der Waals surface area contributed by atoms with E-state index in [2.05, 4.69) is 9.85 Å². The number of hydrogen-bond acceptors (Lipinski definition) is 2. The Morgan fingerprint density at radius 2 is 2.00 bits per heavy atom. The smallest absolute Gasteiger partial charge is 0.129 e. The number of halogens is 1. The quantitative estimate of drug-likeness (QED) is 0.617. The van der Waals surface area contributed by atoms with Gasteiger partial charge in [0, 0.05) is 22.6 Å². The van der Waals surface area contributed by atoms with Crippen molar-refractivity contribution in [3.63, 3.8) is 0 Å². The monoisotopic (exact) mass is 282 g/mol. The van der Waals surface area contributed by atoms with Crippen molar-refractivity contribution < 1.29 is 9.84 Å². The van der Waals surface area contributed by atoms with Crippen LogP contribution in [-0.2, 0) is 4.74 Å². The molecule has 0 radical (unpaired) electrons. The Bertz CT molecular complexity index is 165. The van der Waals surface area contributed by atoms with Crippen molar-refractivity contribution >= 4 is 22.6 Å². The average molecular weight is 282 g/mol. The fourth-order valence-corrected chi connectivity index (χ4v) is 1.49. The summed E-state index contributed by atoms with van der Waals surface area (Å²) in [7, 11) is 0. The van der Waals surface area contributed by atoms with Crippen LogP contribution in [-0.4, -0.2) is 23.9 Å². The van der Waals surface area contributed by atoms with Crippen LogP contribution in [0.5, 0.6) is 0 Å². The maximum Gasteiger partial charge on any atom is 0.129 e. The molecule has 0 unspecified atom stereocenters. The maximum atomic E-state index is 8.61. The molecule has 0 aliphatic carbocycles. The van der Waals surface area contributed by atoms with Gasteiger partial charge in [-0.25, -0.2) is 0 Å². The molecule has 70 valence electrons. The average Bonchev–Trinajstić information content (AvgIpc) is 2.13.